The SMILES string of the molecule is CCOCCOCC(=O)NCC(=O)Nc1nc2ccccc2c2c1nc(COCC)n2CC(C)(C)O.CCOCCOCC(=O)NCC(=O)O.CCOCc1nc2c(N)nc3ccccc3c2n1CC(C)(C)O. The minimum absolute atomic E-state index is 0.139. The Morgan fingerprint density at radius 2 is 1.00 bits per heavy atom. The van der Waals surface area contributed by atoms with Crippen molar-refractivity contribution >= 4 is 79.2 Å². The molecule has 3 amide bonds. The molecule has 23 nitrogen and oxygen atoms in total. The van der Waals surface area contributed by atoms with Crippen LogP contribution in [-0.4, -0.2) is 158 Å². The summed E-state index contributed by atoms with van der Waals surface area (Å²) in [5.41, 5.74) is 8.45. The number of nitrogens with two attached hydrogens (primary N) is 1. The van der Waals surface area contributed by atoms with E-state index in [1.807, 2.05) is 85.4 Å². The van der Waals surface area contributed by atoms with Crippen LogP contribution in [0.4, 0.5) is 11.6 Å². The van der Waals surface area contributed by atoms with E-state index in [-0.39, 0.29) is 45.3 Å². The Labute approximate surface area is 424 Å². The Balaban J connectivity index is 0.000000266. The molecule has 0 aliphatic rings. The Bertz CT molecular complexity index is 2730. The molecule has 0 bridgehead atoms. The zero-order valence-corrected chi connectivity index (χ0v) is 43.1. The van der Waals surface area contributed by atoms with Gasteiger partial charge in [-0.05, 0) is 67.5 Å². The average Bonchev–Trinajstić information content (AvgIpc) is 3.88. The number of aromatic nitrogens is 6. The van der Waals surface area contributed by atoms with E-state index < -0.39 is 34.9 Å². The van der Waals surface area contributed by atoms with E-state index in [0.717, 1.165) is 33.1 Å². The number of pyridine rings is 2. The molecule has 8 N–H and O–H groups in total. The van der Waals surface area contributed by atoms with Crippen LogP contribution in [0, 0.1) is 0 Å². The van der Waals surface area contributed by atoms with E-state index in [0.29, 0.717) is 94.2 Å². The van der Waals surface area contributed by atoms with Gasteiger partial charge in [0.25, 0.3) is 0 Å². The largest absolute Gasteiger partial charge is 0.480 e. The maximum absolute atomic E-state index is 12.7. The van der Waals surface area contributed by atoms with Crippen LogP contribution in [0.5, 0.6) is 0 Å². The normalized spacial score (nSPS) is 11.6. The fourth-order valence-electron chi connectivity index (χ4n) is 7.08. The number of imidazole rings is 2. The fourth-order valence-corrected chi connectivity index (χ4v) is 7.08. The maximum atomic E-state index is 12.7. The van der Waals surface area contributed by atoms with E-state index >= 15 is 0 Å². The van der Waals surface area contributed by atoms with Crippen molar-refractivity contribution < 1.29 is 62.9 Å². The highest BCUT2D eigenvalue weighted by Gasteiger charge is 2.25. The van der Waals surface area contributed by atoms with E-state index in [2.05, 4.69) is 30.9 Å². The van der Waals surface area contributed by atoms with E-state index in [1.165, 1.54) is 0 Å². The predicted octanol–water partition coefficient (Wildman–Crippen LogP) is 3.71. The lowest BCUT2D eigenvalue weighted by atomic mass is 10.1. The molecule has 0 saturated heterocycles. The number of aliphatic hydroxyl groups is 2. The van der Waals surface area contributed by atoms with Crippen molar-refractivity contribution in [3.8, 4) is 0 Å². The molecule has 73 heavy (non-hydrogen) atoms. The highest BCUT2D eigenvalue weighted by Crippen LogP contribution is 2.32. The highest BCUT2D eigenvalue weighted by molar-refractivity contribution is 6.10. The standard InChI is InChI=1S/C25H35N5O6.C17H22N4O2.C8H15NO5/c1-5-34-11-12-36-15-21(32)26-13-20(31)29-24-22-23(17-9-7-8-10-18(17)27-24)30(16-25(3,4)33)19(28-22)14-35-6-2;1-4-23-9-13-20-14-15(21(13)10-17(2,3)22)11-7-5-6-8-12(11)19-16(14)18;1-2-13-3-4-14-6-7(10)9-5-8(11)12/h7-10,33H,5-6,11-16H2,1-4H3,(H,26,32)(H,27,29,31);5-8,22H,4,9-10H2,1-3H3,(H2,18,19);2-6H2,1H3,(H,9,10)(H,11,12). The van der Waals surface area contributed by atoms with Gasteiger partial charge in [-0.2, -0.15) is 0 Å². The van der Waals surface area contributed by atoms with Crippen molar-refractivity contribution in [2.24, 2.45) is 0 Å². The number of nitrogens with zero attached hydrogens (tertiary/aromatic N) is 6. The number of ether oxygens (including phenoxy) is 6. The van der Waals surface area contributed by atoms with Gasteiger partial charge in [0.2, 0.25) is 17.7 Å². The van der Waals surface area contributed by atoms with Gasteiger partial charge in [0.15, 0.2) is 11.6 Å². The number of fused-ring (bicyclic) bond motifs is 6. The second-order valence-corrected chi connectivity index (χ2v) is 17.5. The van der Waals surface area contributed by atoms with Crippen LogP contribution in [0.3, 0.4) is 0 Å². The number of carboxylic acids is 1. The van der Waals surface area contributed by atoms with Gasteiger partial charge in [-0.1, -0.05) is 36.4 Å². The zero-order chi connectivity index (χ0) is 53.6. The molecule has 0 radical (unpaired) electrons. The molecule has 0 aliphatic heterocycles. The Morgan fingerprint density at radius 3 is 1.47 bits per heavy atom. The number of carbonyl (C=O) groups excluding carboxylic acids is 3. The minimum Gasteiger partial charge on any atom is -0.480 e. The number of para-hydroxylation sites is 2. The van der Waals surface area contributed by atoms with Gasteiger partial charge in [0.05, 0.1) is 79.3 Å². The molecule has 0 saturated carbocycles. The third-order valence-electron chi connectivity index (χ3n) is 10.1. The van der Waals surface area contributed by atoms with Crippen molar-refractivity contribution in [3.05, 3.63) is 60.2 Å². The van der Waals surface area contributed by atoms with Gasteiger partial charge in [-0.3, -0.25) is 19.2 Å². The third-order valence-corrected chi connectivity index (χ3v) is 10.1. The smallest absolute Gasteiger partial charge is 0.322 e. The van der Waals surface area contributed by atoms with Crippen molar-refractivity contribution in [2.75, 3.05) is 90.2 Å². The molecule has 6 aromatic rings. The molecule has 0 fully saturated rings. The van der Waals surface area contributed by atoms with Crippen LogP contribution < -0.4 is 21.7 Å². The molecule has 4 heterocycles. The number of benzene rings is 2. The first-order valence-electron chi connectivity index (χ1n) is 24.1. The maximum Gasteiger partial charge on any atom is 0.322 e. The number of aliphatic carboxylic acids is 1. The number of carbonyl (C=O) groups is 4. The minimum atomic E-state index is -1.08. The quantitative estimate of drug-likeness (QED) is 0.0362. The molecule has 0 atom stereocenters. The summed E-state index contributed by atoms with van der Waals surface area (Å²) in [4.78, 5) is 63.9. The van der Waals surface area contributed by atoms with Gasteiger partial charge < -0.3 is 74.6 Å². The van der Waals surface area contributed by atoms with Crippen LogP contribution in [0.1, 0.15) is 67.0 Å². The molecule has 0 spiro atoms. The summed E-state index contributed by atoms with van der Waals surface area (Å²) in [5.74, 6) is -0.364. The van der Waals surface area contributed by atoms with Crippen molar-refractivity contribution in [1.82, 2.24) is 39.7 Å². The molecule has 0 unspecified atom stereocenters. The molecular formula is C50H72N10O13. The first-order chi connectivity index (χ1) is 34.8. The number of anilines is 2. The number of hydrogen-bond donors (Lipinski definition) is 7. The van der Waals surface area contributed by atoms with E-state index in [9.17, 15) is 29.4 Å². The number of amides is 3. The number of carboxylic acid groups (broad SMARTS) is 1. The summed E-state index contributed by atoms with van der Waals surface area (Å²) in [7, 11) is 0. The molecule has 23 heteroatoms. The van der Waals surface area contributed by atoms with Gasteiger partial charge in [0.1, 0.15) is 55.7 Å². The van der Waals surface area contributed by atoms with Crippen molar-refractivity contribution in [1.29, 1.82) is 0 Å². The average molecular weight is 1020 g/mol. The molecular weight excluding hydrogens is 949 g/mol. The topological polar surface area (TPSA) is 308 Å². The van der Waals surface area contributed by atoms with Crippen LogP contribution >= 0.6 is 0 Å². The second kappa shape index (κ2) is 29.3. The first kappa shape index (κ1) is 59.1. The highest BCUT2D eigenvalue weighted by atomic mass is 16.5. The molecule has 400 valence electrons. The number of rotatable bonds is 27. The summed E-state index contributed by atoms with van der Waals surface area (Å²) in [5, 5.41) is 38.4. The molecule has 0 aliphatic carbocycles. The first-order valence-corrected chi connectivity index (χ1v) is 24.1. The van der Waals surface area contributed by atoms with E-state index in [4.69, 9.17) is 44.2 Å². The summed E-state index contributed by atoms with van der Waals surface area (Å²) in [6.07, 6.45) is 0. The van der Waals surface area contributed by atoms with Gasteiger partial charge in [-0.25, -0.2) is 19.9 Å². The second-order valence-electron chi connectivity index (χ2n) is 17.5. The van der Waals surface area contributed by atoms with Crippen molar-refractivity contribution in [2.45, 2.75) is 92.9 Å². The Morgan fingerprint density at radius 1 is 0.575 bits per heavy atom. The predicted molar refractivity (Wildman–Crippen MR) is 275 cm³/mol. The number of nitrogen functional groups attached to an aromatic ring is 1. The lowest BCUT2D eigenvalue weighted by molar-refractivity contribution is -0.138. The van der Waals surface area contributed by atoms with Gasteiger partial charge >= 0.3 is 5.97 Å². The summed E-state index contributed by atoms with van der Waals surface area (Å²) >= 11 is 0. The lowest BCUT2D eigenvalue weighted by Crippen LogP contribution is -2.35. The summed E-state index contributed by atoms with van der Waals surface area (Å²) in [6, 6.07) is 15.3. The van der Waals surface area contributed by atoms with Crippen molar-refractivity contribution in [3.63, 3.8) is 0 Å². The Kier molecular flexibility index (Phi) is 23.7. The monoisotopic (exact) mass is 1020 g/mol. The van der Waals surface area contributed by atoms with Gasteiger partial charge in [-0.15, -0.1) is 0 Å². The Hall–Kier alpha value is -6.44. The van der Waals surface area contributed by atoms with Gasteiger partial charge in [0, 0.05) is 37.2 Å². The molecule has 4 aromatic heterocycles. The molecule has 6 rings (SSSR count). The van der Waals surface area contributed by atoms with Crippen LogP contribution in [0.2, 0.25) is 0 Å². The number of hydrogen-bond acceptors (Lipinski definition) is 17. The summed E-state index contributed by atoms with van der Waals surface area (Å²) in [6.45, 7) is 18.6. The lowest BCUT2D eigenvalue weighted by Gasteiger charge is -2.20. The van der Waals surface area contributed by atoms with Crippen LogP contribution in [0.25, 0.3) is 43.9 Å². The molecule has 2 aromatic carbocycles. The number of nitrogens with one attached hydrogen (secondary N) is 3. The third kappa shape index (κ3) is 19.2. The van der Waals surface area contributed by atoms with Crippen LogP contribution in [0.15, 0.2) is 48.5 Å². The fraction of sp³-hybridized carbons (Fsp3) is 0.520. The van der Waals surface area contributed by atoms with E-state index in [1.54, 1.807) is 27.7 Å². The van der Waals surface area contributed by atoms with Crippen LogP contribution in [-0.2, 0) is 73.9 Å². The summed E-state index contributed by atoms with van der Waals surface area (Å²) < 4.78 is 35.3. The zero-order valence-electron chi connectivity index (χ0n) is 43.1.